The quantitative estimate of drug-likeness (QED) is 0.684. The summed E-state index contributed by atoms with van der Waals surface area (Å²) >= 11 is 0. The van der Waals surface area contributed by atoms with Crippen LogP contribution in [0.2, 0.25) is 0 Å². The molecule has 4 rings (SSSR count). The molecule has 0 bridgehead atoms. The van der Waals surface area contributed by atoms with Gasteiger partial charge in [0.2, 0.25) is 5.91 Å². The lowest BCUT2D eigenvalue weighted by atomic mass is 9.76. The second-order valence-electron chi connectivity index (χ2n) is 7.69. The van der Waals surface area contributed by atoms with E-state index in [-0.39, 0.29) is 23.8 Å². The minimum absolute atomic E-state index is 0.0440. The van der Waals surface area contributed by atoms with Gasteiger partial charge in [-0.05, 0) is 57.7 Å². The molecule has 0 unspecified atom stereocenters. The Morgan fingerprint density at radius 3 is 2.45 bits per heavy atom. The van der Waals surface area contributed by atoms with Gasteiger partial charge >= 0.3 is 0 Å². The standard InChI is InChI=1S/C23H30N2O4/c1-3-28-20-10-9-16(15-21(20)29-4-2)22-18-7-5-6-8-19(18)23(26)25(24-22)17-11-13-27-14-12-17/h5-6,9-10,15,17-19H,3-4,7-8,11-14H2,1-2H3/t18-,19+/m1/s1. The molecule has 2 aliphatic heterocycles. The molecule has 0 spiro atoms. The fourth-order valence-corrected chi connectivity index (χ4v) is 4.47. The average molecular weight is 399 g/mol. The summed E-state index contributed by atoms with van der Waals surface area (Å²) in [6, 6.07) is 6.13. The third-order valence-corrected chi connectivity index (χ3v) is 5.92. The molecule has 1 fully saturated rings. The Balaban J connectivity index is 1.73. The summed E-state index contributed by atoms with van der Waals surface area (Å²) in [5, 5.41) is 6.69. The van der Waals surface area contributed by atoms with E-state index in [0.29, 0.717) is 26.4 Å². The summed E-state index contributed by atoms with van der Waals surface area (Å²) in [6.45, 7) is 6.45. The predicted octanol–water partition coefficient (Wildman–Crippen LogP) is 3.79. The van der Waals surface area contributed by atoms with E-state index in [9.17, 15) is 4.79 Å². The maximum absolute atomic E-state index is 13.2. The van der Waals surface area contributed by atoms with Crippen LogP contribution in [0.1, 0.15) is 45.1 Å². The van der Waals surface area contributed by atoms with Gasteiger partial charge in [-0.25, -0.2) is 5.01 Å². The molecule has 6 nitrogen and oxygen atoms in total. The van der Waals surface area contributed by atoms with Crippen molar-refractivity contribution in [3.8, 4) is 11.5 Å². The molecular formula is C23H30N2O4. The summed E-state index contributed by atoms with van der Waals surface area (Å²) in [4.78, 5) is 13.2. The minimum Gasteiger partial charge on any atom is -0.490 e. The van der Waals surface area contributed by atoms with E-state index in [1.165, 1.54) is 0 Å². The zero-order valence-corrected chi connectivity index (χ0v) is 17.3. The number of amides is 1. The first-order valence-corrected chi connectivity index (χ1v) is 10.8. The van der Waals surface area contributed by atoms with E-state index in [1.54, 1.807) is 5.01 Å². The van der Waals surface area contributed by atoms with Crippen molar-refractivity contribution < 1.29 is 19.0 Å². The van der Waals surface area contributed by atoms with Crippen LogP contribution in [-0.4, -0.2) is 49.1 Å². The van der Waals surface area contributed by atoms with Gasteiger partial charge in [0.1, 0.15) is 0 Å². The van der Waals surface area contributed by atoms with E-state index in [0.717, 1.165) is 48.5 Å². The Bertz CT molecular complexity index is 798. The molecule has 0 radical (unpaired) electrons. The number of carbonyl (C=O) groups is 1. The van der Waals surface area contributed by atoms with E-state index < -0.39 is 0 Å². The monoisotopic (exact) mass is 398 g/mol. The van der Waals surface area contributed by atoms with Crippen molar-refractivity contribution in [1.29, 1.82) is 0 Å². The largest absolute Gasteiger partial charge is 0.490 e. The lowest BCUT2D eigenvalue weighted by molar-refractivity contribution is -0.142. The molecule has 156 valence electrons. The van der Waals surface area contributed by atoms with E-state index >= 15 is 0 Å². The van der Waals surface area contributed by atoms with Crippen LogP contribution in [-0.2, 0) is 9.53 Å². The highest BCUT2D eigenvalue weighted by Gasteiger charge is 2.42. The summed E-state index contributed by atoms with van der Waals surface area (Å²) < 4.78 is 17.0. The third kappa shape index (κ3) is 4.04. The molecule has 0 aromatic heterocycles. The first-order chi connectivity index (χ1) is 14.2. The fourth-order valence-electron chi connectivity index (χ4n) is 4.47. The minimum atomic E-state index is -0.0440. The molecule has 1 aromatic carbocycles. The topological polar surface area (TPSA) is 60.4 Å². The highest BCUT2D eigenvalue weighted by atomic mass is 16.5. The van der Waals surface area contributed by atoms with Crippen LogP contribution in [0, 0.1) is 11.8 Å². The Morgan fingerprint density at radius 2 is 1.72 bits per heavy atom. The Labute approximate surface area is 172 Å². The van der Waals surface area contributed by atoms with Crippen LogP contribution < -0.4 is 9.47 Å². The van der Waals surface area contributed by atoms with E-state index in [1.807, 2.05) is 32.0 Å². The summed E-state index contributed by atoms with van der Waals surface area (Å²) in [6.07, 6.45) is 7.60. The van der Waals surface area contributed by atoms with Gasteiger partial charge in [0.05, 0.1) is 30.9 Å². The third-order valence-electron chi connectivity index (χ3n) is 5.92. The fraction of sp³-hybridized carbons (Fsp3) is 0.565. The van der Waals surface area contributed by atoms with Crippen LogP contribution in [0.5, 0.6) is 11.5 Å². The van der Waals surface area contributed by atoms with Gasteiger partial charge in [-0.1, -0.05) is 12.2 Å². The number of hydrogen-bond acceptors (Lipinski definition) is 5. The van der Waals surface area contributed by atoms with Crippen molar-refractivity contribution in [2.45, 2.75) is 45.6 Å². The van der Waals surface area contributed by atoms with Crippen molar-refractivity contribution in [3.05, 3.63) is 35.9 Å². The van der Waals surface area contributed by atoms with E-state index in [2.05, 4.69) is 12.2 Å². The molecule has 3 aliphatic rings. The number of benzene rings is 1. The predicted molar refractivity (Wildman–Crippen MR) is 111 cm³/mol. The SMILES string of the molecule is CCOc1ccc(C2=NN(C3CCOCC3)C(=O)[C@H]3CC=CC[C@@H]23)cc1OCC. The lowest BCUT2D eigenvalue weighted by Gasteiger charge is -2.41. The number of nitrogens with zero attached hydrogens (tertiary/aromatic N) is 2. The second-order valence-corrected chi connectivity index (χ2v) is 7.69. The van der Waals surface area contributed by atoms with Gasteiger partial charge in [-0.2, -0.15) is 5.10 Å². The molecule has 2 heterocycles. The Hall–Kier alpha value is -2.34. The number of hydrogen-bond donors (Lipinski definition) is 0. The molecule has 6 heteroatoms. The van der Waals surface area contributed by atoms with Gasteiger partial charge in [0.15, 0.2) is 11.5 Å². The number of allylic oxidation sites excluding steroid dienone is 2. The van der Waals surface area contributed by atoms with Gasteiger partial charge in [0.25, 0.3) is 0 Å². The van der Waals surface area contributed by atoms with Crippen LogP contribution in [0.3, 0.4) is 0 Å². The van der Waals surface area contributed by atoms with Crippen LogP contribution in [0.15, 0.2) is 35.5 Å². The second kappa shape index (κ2) is 8.99. The van der Waals surface area contributed by atoms with Crippen LogP contribution >= 0.6 is 0 Å². The van der Waals surface area contributed by atoms with E-state index in [4.69, 9.17) is 19.3 Å². The Morgan fingerprint density at radius 1 is 1.03 bits per heavy atom. The number of carbonyl (C=O) groups excluding carboxylic acids is 1. The van der Waals surface area contributed by atoms with Crippen LogP contribution in [0.25, 0.3) is 0 Å². The number of ether oxygens (including phenoxy) is 3. The van der Waals surface area contributed by atoms with Crippen molar-refractivity contribution in [1.82, 2.24) is 5.01 Å². The molecule has 1 amide bonds. The van der Waals surface area contributed by atoms with Crippen molar-refractivity contribution in [3.63, 3.8) is 0 Å². The Kier molecular flexibility index (Phi) is 6.19. The number of rotatable bonds is 6. The summed E-state index contributed by atoms with van der Waals surface area (Å²) in [5.74, 6) is 1.69. The van der Waals surface area contributed by atoms with Gasteiger partial charge in [-0.3, -0.25) is 4.79 Å². The maximum Gasteiger partial charge on any atom is 0.247 e. The van der Waals surface area contributed by atoms with Crippen LogP contribution in [0.4, 0.5) is 0 Å². The first kappa shape index (κ1) is 20.0. The molecule has 1 aliphatic carbocycles. The van der Waals surface area contributed by atoms with Gasteiger partial charge in [-0.15, -0.1) is 0 Å². The molecule has 29 heavy (non-hydrogen) atoms. The van der Waals surface area contributed by atoms with Crippen molar-refractivity contribution in [2.24, 2.45) is 16.9 Å². The molecular weight excluding hydrogens is 368 g/mol. The summed E-state index contributed by atoms with van der Waals surface area (Å²) in [5.41, 5.74) is 1.99. The van der Waals surface area contributed by atoms with Gasteiger partial charge in [0, 0.05) is 24.7 Å². The molecule has 0 saturated carbocycles. The number of fused-ring (bicyclic) bond motifs is 1. The smallest absolute Gasteiger partial charge is 0.247 e. The zero-order chi connectivity index (χ0) is 20.2. The zero-order valence-electron chi connectivity index (χ0n) is 17.3. The molecule has 0 N–H and O–H groups in total. The number of hydrazone groups is 1. The molecule has 2 atom stereocenters. The lowest BCUT2D eigenvalue weighted by Crippen LogP contribution is -2.50. The average Bonchev–Trinajstić information content (AvgIpc) is 2.76. The summed E-state index contributed by atoms with van der Waals surface area (Å²) in [7, 11) is 0. The van der Waals surface area contributed by atoms with Crippen molar-refractivity contribution >= 4 is 11.6 Å². The highest BCUT2D eigenvalue weighted by Crippen LogP contribution is 2.38. The van der Waals surface area contributed by atoms with Crippen molar-refractivity contribution in [2.75, 3.05) is 26.4 Å². The normalized spacial score (nSPS) is 24.8. The first-order valence-electron chi connectivity index (χ1n) is 10.8. The molecule has 1 aromatic rings. The highest BCUT2D eigenvalue weighted by molar-refractivity contribution is 6.07. The maximum atomic E-state index is 13.2. The van der Waals surface area contributed by atoms with Gasteiger partial charge < -0.3 is 14.2 Å². The molecule has 1 saturated heterocycles.